The van der Waals surface area contributed by atoms with E-state index in [0.717, 1.165) is 24.8 Å². The first-order valence-corrected chi connectivity index (χ1v) is 7.28. The number of unbranched alkanes of at least 4 members (excludes halogenated alkanes) is 1. The predicted octanol–water partition coefficient (Wildman–Crippen LogP) is 2.47. The fourth-order valence-corrected chi connectivity index (χ4v) is 1.81. The van der Waals surface area contributed by atoms with E-state index in [1.807, 2.05) is 18.2 Å². The third kappa shape index (κ3) is 7.06. The minimum atomic E-state index is -0.209. The van der Waals surface area contributed by atoms with Crippen molar-refractivity contribution in [3.05, 3.63) is 36.4 Å². The molecule has 0 aliphatic heterocycles. The Hall–Kier alpha value is -2.67. The number of phenolic OH excluding ortho intramolecular Hbond substituents is 2. The average Bonchev–Trinajstić information content (AvgIpc) is 2.51. The van der Waals surface area contributed by atoms with Gasteiger partial charge in [-0.05, 0) is 17.9 Å². The first-order chi connectivity index (χ1) is 11.0. The zero-order valence-electron chi connectivity index (χ0n) is 13.5. The summed E-state index contributed by atoms with van der Waals surface area (Å²) in [5.41, 5.74) is 4.99. The van der Waals surface area contributed by atoms with Crippen LogP contribution in [-0.2, 0) is 0 Å². The highest BCUT2D eigenvalue weighted by Gasteiger charge is 2.02. The molecular weight excluding hydrogens is 330 g/mol. The van der Waals surface area contributed by atoms with Gasteiger partial charge in [0.25, 0.3) is 0 Å². The summed E-state index contributed by atoms with van der Waals surface area (Å²) in [6.07, 6.45) is 2.10. The van der Waals surface area contributed by atoms with E-state index in [4.69, 9.17) is 21.7 Å². The molecule has 7 nitrogen and oxygen atoms in total. The number of nitrogens with one attached hydrogen (secondary N) is 4. The van der Waals surface area contributed by atoms with Gasteiger partial charge in [-0.3, -0.25) is 16.1 Å². The monoisotopic (exact) mass is 353 g/mol. The van der Waals surface area contributed by atoms with Crippen LogP contribution in [0, 0.1) is 10.8 Å². The maximum Gasteiger partial charge on any atom is 0.195 e. The highest BCUT2D eigenvalue weighted by Crippen LogP contribution is 2.32. The molecule has 0 bridgehead atoms. The highest BCUT2D eigenvalue weighted by atomic mass is 35.5. The topological polar surface area (TPSA) is 138 Å². The summed E-state index contributed by atoms with van der Waals surface area (Å²) in [4.78, 5) is 0. The smallest absolute Gasteiger partial charge is 0.195 e. The Labute approximate surface area is 147 Å². The van der Waals surface area contributed by atoms with Crippen molar-refractivity contribution in [3.63, 3.8) is 0 Å². The molecule has 0 spiro atoms. The number of benzene rings is 2. The molecular formula is C16H24ClN5O2. The zero-order chi connectivity index (χ0) is 17.2. The van der Waals surface area contributed by atoms with Gasteiger partial charge in [-0.2, -0.15) is 0 Å². The van der Waals surface area contributed by atoms with E-state index in [9.17, 15) is 5.11 Å². The normalized spacial score (nSPS) is 9.21. The fraction of sp³-hybridized carbons (Fsp3) is 0.250. The Morgan fingerprint density at radius 1 is 1.12 bits per heavy atom. The van der Waals surface area contributed by atoms with Gasteiger partial charge in [-0.25, -0.2) is 0 Å². The number of fused-ring (bicyclic) bond motifs is 1. The van der Waals surface area contributed by atoms with E-state index in [1.165, 1.54) is 6.07 Å². The lowest BCUT2D eigenvalue weighted by molar-refractivity contribution is 0.408. The molecule has 2 aromatic carbocycles. The molecule has 0 aliphatic rings. The van der Waals surface area contributed by atoms with Crippen molar-refractivity contribution in [1.82, 2.24) is 10.6 Å². The largest absolute Gasteiger partial charge is 0.504 e. The van der Waals surface area contributed by atoms with Crippen molar-refractivity contribution in [2.75, 3.05) is 6.54 Å². The van der Waals surface area contributed by atoms with Gasteiger partial charge in [-0.1, -0.05) is 43.7 Å². The van der Waals surface area contributed by atoms with Crippen LogP contribution in [0.2, 0.25) is 0 Å². The minimum absolute atomic E-state index is 0. The summed E-state index contributed by atoms with van der Waals surface area (Å²) in [5, 5.41) is 39.2. The number of halogens is 1. The molecule has 0 unspecified atom stereocenters. The minimum Gasteiger partial charge on any atom is -0.504 e. The molecule has 0 radical (unpaired) electrons. The third-order valence-corrected chi connectivity index (χ3v) is 2.97. The van der Waals surface area contributed by atoms with Gasteiger partial charge < -0.3 is 21.3 Å². The molecule has 0 amide bonds. The van der Waals surface area contributed by atoms with Gasteiger partial charge in [-0.15, -0.1) is 12.4 Å². The van der Waals surface area contributed by atoms with Crippen molar-refractivity contribution in [3.8, 4) is 11.5 Å². The summed E-state index contributed by atoms with van der Waals surface area (Å²) >= 11 is 0. The Kier molecular flexibility index (Phi) is 9.74. The van der Waals surface area contributed by atoms with Crippen LogP contribution in [0.15, 0.2) is 36.4 Å². The highest BCUT2D eigenvalue weighted by molar-refractivity contribution is 5.94. The Balaban J connectivity index is 0.000000426. The van der Waals surface area contributed by atoms with Crippen molar-refractivity contribution in [2.24, 2.45) is 5.73 Å². The van der Waals surface area contributed by atoms with Crippen LogP contribution in [0.4, 0.5) is 0 Å². The molecule has 132 valence electrons. The molecule has 0 atom stereocenters. The van der Waals surface area contributed by atoms with E-state index in [0.29, 0.717) is 5.39 Å². The lowest BCUT2D eigenvalue weighted by Gasteiger charge is -2.06. The first-order valence-electron chi connectivity index (χ1n) is 7.28. The van der Waals surface area contributed by atoms with Crippen LogP contribution in [0.5, 0.6) is 11.5 Å². The van der Waals surface area contributed by atoms with Crippen LogP contribution in [-0.4, -0.2) is 28.7 Å². The number of guanidine groups is 2. The van der Waals surface area contributed by atoms with Crippen LogP contribution in [0.3, 0.4) is 0 Å². The van der Waals surface area contributed by atoms with Crippen LogP contribution >= 0.6 is 12.4 Å². The second-order valence-corrected chi connectivity index (χ2v) is 4.85. The van der Waals surface area contributed by atoms with Crippen molar-refractivity contribution >= 4 is 35.1 Å². The average molecular weight is 354 g/mol. The molecule has 0 saturated carbocycles. The Bertz CT molecular complexity index is 679. The maximum absolute atomic E-state index is 9.41. The zero-order valence-corrected chi connectivity index (χ0v) is 14.3. The number of nitrogens with two attached hydrogens (primary N) is 1. The summed E-state index contributed by atoms with van der Waals surface area (Å²) in [7, 11) is 0. The lowest BCUT2D eigenvalue weighted by Crippen LogP contribution is -2.43. The van der Waals surface area contributed by atoms with Crippen LogP contribution in [0.1, 0.15) is 19.8 Å². The fourth-order valence-electron chi connectivity index (χ4n) is 1.81. The molecule has 0 aliphatic carbocycles. The van der Waals surface area contributed by atoms with Gasteiger partial charge in [0, 0.05) is 11.9 Å². The summed E-state index contributed by atoms with van der Waals surface area (Å²) in [6.45, 7) is 2.82. The molecule has 24 heavy (non-hydrogen) atoms. The van der Waals surface area contributed by atoms with Gasteiger partial charge >= 0.3 is 0 Å². The maximum atomic E-state index is 9.41. The number of aromatic hydroxyl groups is 2. The molecule has 0 aromatic heterocycles. The molecule has 8 heteroatoms. The molecule has 0 fully saturated rings. The number of hydrogen-bond acceptors (Lipinski definition) is 4. The van der Waals surface area contributed by atoms with Gasteiger partial charge in [0.15, 0.2) is 23.4 Å². The summed E-state index contributed by atoms with van der Waals surface area (Å²) in [5.74, 6) is -0.244. The van der Waals surface area contributed by atoms with Crippen LogP contribution < -0.4 is 16.4 Å². The van der Waals surface area contributed by atoms with E-state index >= 15 is 0 Å². The van der Waals surface area contributed by atoms with E-state index in [1.54, 1.807) is 12.1 Å². The number of hydrogen-bond donors (Lipinski definition) is 7. The van der Waals surface area contributed by atoms with Crippen molar-refractivity contribution in [2.45, 2.75) is 19.8 Å². The predicted molar refractivity (Wildman–Crippen MR) is 100 cm³/mol. The molecule has 0 heterocycles. The van der Waals surface area contributed by atoms with E-state index in [2.05, 4.69) is 17.6 Å². The van der Waals surface area contributed by atoms with E-state index in [-0.39, 0.29) is 35.8 Å². The van der Waals surface area contributed by atoms with Gasteiger partial charge in [0.05, 0.1) is 0 Å². The lowest BCUT2D eigenvalue weighted by atomic mass is 10.1. The molecule has 2 rings (SSSR count). The third-order valence-electron chi connectivity index (χ3n) is 2.97. The second-order valence-electron chi connectivity index (χ2n) is 4.85. The Morgan fingerprint density at radius 3 is 2.42 bits per heavy atom. The summed E-state index contributed by atoms with van der Waals surface area (Å²) in [6, 6.07) is 10.6. The second kappa shape index (κ2) is 11.0. The standard InChI is InChI=1S/C10H8O2.C6H15N5.ClH/c11-9-6-5-7-3-1-2-4-8(7)10(9)12;1-2-3-4-10-6(9)11-5(7)8;/h1-6,11-12H;2-4H2,1H3,(H6,7,8,9,10,11);1H. The van der Waals surface area contributed by atoms with E-state index < -0.39 is 0 Å². The number of rotatable bonds is 3. The van der Waals surface area contributed by atoms with Crippen molar-refractivity contribution in [1.29, 1.82) is 10.8 Å². The molecule has 8 N–H and O–H groups in total. The number of phenols is 2. The SMILES string of the molecule is CCCCNC(=N)NC(=N)N.Cl.Oc1ccc2ccccc2c1O. The summed E-state index contributed by atoms with van der Waals surface area (Å²) < 4.78 is 0. The van der Waals surface area contributed by atoms with Crippen LogP contribution in [0.25, 0.3) is 10.8 Å². The Morgan fingerprint density at radius 2 is 1.79 bits per heavy atom. The van der Waals surface area contributed by atoms with Crippen molar-refractivity contribution < 1.29 is 10.2 Å². The quantitative estimate of drug-likeness (QED) is 0.197. The van der Waals surface area contributed by atoms with Gasteiger partial charge in [0.2, 0.25) is 0 Å². The molecule has 0 saturated heterocycles. The first kappa shape index (κ1) is 21.3. The van der Waals surface area contributed by atoms with Gasteiger partial charge in [0.1, 0.15) is 0 Å². The molecule has 2 aromatic rings.